The highest BCUT2D eigenvalue weighted by Crippen LogP contribution is 2.28. The lowest BCUT2D eigenvalue weighted by atomic mass is 10.1. The lowest BCUT2D eigenvalue weighted by Crippen LogP contribution is -2.14. The van der Waals surface area contributed by atoms with E-state index in [2.05, 4.69) is 10.6 Å². The number of aryl methyl sites for hydroxylation is 2. The lowest BCUT2D eigenvalue weighted by Gasteiger charge is -2.10. The third-order valence-electron chi connectivity index (χ3n) is 3.34. The van der Waals surface area contributed by atoms with Crippen LogP contribution in [0.1, 0.15) is 11.1 Å². The Hall–Kier alpha value is -2.19. The summed E-state index contributed by atoms with van der Waals surface area (Å²) in [6.07, 6.45) is 1.32. The van der Waals surface area contributed by atoms with Gasteiger partial charge in [-0.15, -0.1) is 0 Å². The molecular weight excluding hydrogens is 381 g/mol. The first-order valence-corrected chi connectivity index (χ1v) is 8.35. The van der Waals surface area contributed by atoms with Gasteiger partial charge < -0.3 is 10.6 Å². The van der Waals surface area contributed by atoms with Crippen molar-refractivity contribution >= 4 is 52.1 Å². The van der Waals surface area contributed by atoms with Crippen LogP contribution in [0.2, 0.25) is 15.1 Å². The molecule has 2 aromatic carbocycles. The summed E-state index contributed by atoms with van der Waals surface area (Å²) in [6, 6.07) is 10.3. The molecule has 1 amide bonds. The van der Waals surface area contributed by atoms with E-state index in [-0.39, 0.29) is 5.57 Å². The van der Waals surface area contributed by atoms with E-state index < -0.39 is 5.91 Å². The van der Waals surface area contributed by atoms with Crippen LogP contribution in [-0.4, -0.2) is 5.91 Å². The van der Waals surface area contributed by atoms with Gasteiger partial charge in [0.25, 0.3) is 5.91 Å². The molecule has 2 N–H and O–H groups in total. The largest absolute Gasteiger partial charge is 0.359 e. The van der Waals surface area contributed by atoms with Crippen LogP contribution in [0.4, 0.5) is 11.4 Å². The Labute approximate surface area is 161 Å². The van der Waals surface area contributed by atoms with Gasteiger partial charge in [0, 0.05) is 11.9 Å². The number of carbonyl (C=O) groups is 1. The minimum absolute atomic E-state index is 0.109. The molecule has 0 saturated carbocycles. The van der Waals surface area contributed by atoms with Gasteiger partial charge >= 0.3 is 0 Å². The Balaban J connectivity index is 2.18. The molecule has 0 spiro atoms. The molecule has 0 aromatic heterocycles. The second kappa shape index (κ2) is 8.26. The lowest BCUT2D eigenvalue weighted by molar-refractivity contribution is -0.112. The van der Waals surface area contributed by atoms with Crippen molar-refractivity contribution in [1.82, 2.24) is 0 Å². The molecule has 0 aliphatic rings. The molecule has 2 aromatic rings. The zero-order chi connectivity index (χ0) is 18.6. The number of carbonyl (C=O) groups excluding carboxylic acids is 1. The van der Waals surface area contributed by atoms with E-state index in [0.717, 1.165) is 11.1 Å². The van der Waals surface area contributed by atoms with E-state index in [0.29, 0.717) is 26.4 Å². The smallest absolute Gasteiger partial charge is 0.267 e. The molecule has 25 heavy (non-hydrogen) atoms. The van der Waals surface area contributed by atoms with E-state index in [9.17, 15) is 10.1 Å². The van der Waals surface area contributed by atoms with Gasteiger partial charge in [0.2, 0.25) is 0 Å². The van der Waals surface area contributed by atoms with Crippen LogP contribution in [0.5, 0.6) is 0 Å². The summed E-state index contributed by atoms with van der Waals surface area (Å²) in [4.78, 5) is 12.2. The van der Waals surface area contributed by atoms with Crippen LogP contribution in [0.25, 0.3) is 0 Å². The first-order chi connectivity index (χ1) is 11.8. The summed E-state index contributed by atoms with van der Waals surface area (Å²) in [5, 5.41) is 15.9. The zero-order valence-electron chi connectivity index (χ0n) is 13.5. The summed E-state index contributed by atoms with van der Waals surface area (Å²) in [5.74, 6) is -0.575. The molecule has 0 unspecified atom stereocenters. The number of anilines is 2. The highest BCUT2D eigenvalue weighted by atomic mass is 35.5. The second-order valence-electron chi connectivity index (χ2n) is 5.34. The Morgan fingerprint density at radius 3 is 2.40 bits per heavy atom. The highest BCUT2D eigenvalue weighted by Gasteiger charge is 2.11. The minimum Gasteiger partial charge on any atom is -0.359 e. The van der Waals surface area contributed by atoms with Crippen LogP contribution in [-0.2, 0) is 4.79 Å². The average Bonchev–Trinajstić information content (AvgIpc) is 2.53. The normalized spacial score (nSPS) is 11.0. The molecular formula is C18H14Cl3N3O. The number of rotatable bonds is 4. The van der Waals surface area contributed by atoms with Crippen LogP contribution < -0.4 is 10.6 Å². The molecule has 0 aliphatic heterocycles. The summed E-state index contributed by atoms with van der Waals surface area (Å²) < 4.78 is 0. The van der Waals surface area contributed by atoms with Crippen LogP contribution >= 0.6 is 34.8 Å². The van der Waals surface area contributed by atoms with Crippen LogP contribution in [0.15, 0.2) is 42.1 Å². The monoisotopic (exact) mass is 393 g/mol. The van der Waals surface area contributed by atoms with Gasteiger partial charge in [-0.05, 0) is 49.2 Å². The molecule has 0 aliphatic carbocycles. The Morgan fingerprint density at radius 1 is 1.08 bits per heavy atom. The highest BCUT2D eigenvalue weighted by molar-refractivity contribution is 6.42. The molecule has 0 fully saturated rings. The summed E-state index contributed by atoms with van der Waals surface area (Å²) >= 11 is 17.9. The standard InChI is InChI=1S/C18H14Cl3N3O/c1-10-5-11(2)17(16(21)6-10)23-9-12(8-22)18(25)24-13-3-4-14(19)15(20)7-13/h3-7,9,23H,1-2H3,(H,24,25)/b12-9-. The Morgan fingerprint density at radius 2 is 1.80 bits per heavy atom. The molecule has 0 radical (unpaired) electrons. The maximum absolute atomic E-state index is 12.2. The van der Waals surface area contributed by atoms with Gasteiger partial charge in [-0.25, -0.2) is 0 Å². The first kappa shape index (κ1) is 19.1. The molecule has 0 heterocycles. The van der Waals surface area contributed by atoms with E-state index in [1.807, 2.05) is 26.0 Å². The fourth-order valence-electron chi connectivity index (χ4n) is 2.16. The van der Waals surface area contributed by atoms with E-state index in [1.54, 1.807) is 18.2 Å². The molecule has 7 heteroatoms. The maximum atomic E-state index is 12.2. The second-order valence-corrected chi connectivity index (χ2v) is 6.56. The van der Waals surface area contributed by atoms with E-state index >= 15 is 0 Å². The molecule has 128 valence electrons. The maximum Gasteiger partial charge on any atom is 0.267 e. The zero-order valence-corrected chi connectivity index (χ0v) is 15.7. The summed E-state index contributed by atoms with van der Waals surface area (Å²) in [6.45, 7) is 3.82. The molecule has 0 atom stereocenters. The number of hydrogen-bond acceptors (Lipinski definition) is 3. The topological polar surface area (TPSA) is 64.9 Å². The number of benzene rings is 2. The Bertz CT molecular complexity index is 878. The molecule has 0 bridgehead atoms. The average molecular weight is 395 g/mol. The van der Waals surface area contributed by atoms with Gasteiger partial charge in [0.15, 0.2) is 0 Å². The van der Waals surface area contributed by atoms with Crippen LogP contribution in [0, 0.1) is 25.2 Å². The number of hydrogen-bond donors (Lipinski definition) is 2. The molecule has 0 saturated heterocycles. The number of amides is 1. The number of nitrogens with one attached hydrogen (secondary N) is 2. The van der Waals surface area contributed by atoms with Crippen molar-refractivity contribution in [2.24, 2.45) is 0 Å². The number of nitrogens with zero attached hydrogens (tertiary/aromatic N) is 1. The third kappa shape index (κ3) is 4.90. The Kier molecular flexibility index (Phi) is 6.33. The van der Waals surface area contributed by atoms with Crippen molar-refractivity contribution in [2.45, 2.75) is 13.8 Å². The van der Waals surface area contributed by atoms with E-state index in [1.165, 1.54) is 12.3 Å². The number of nitriles is 1. The van der Waals surface area contributed by atoms with Gasteiger partial charge in [-0.3, -0.25) is 4.79 Å². The first-order valence-electron chi connectivity index (χ1n) is 7.21. The van der Waals surface area contributed by atoms with Crippen molar-refractivity contribution in [3.8, 4) is 6.07 Å². The fraction of sp³-hybridized carbons (Fsp3) is 0.111. The SMILES string of the molecule is Cc1cc(C)c(N/C=C(/C#N)C(=O)Nc2ccc(Cl)c(Cl)c2)c(Cl)c1. The van der Waals surface area contributed by atoms with Crippen molar-refractivity contribution in [2.75, 3.05) is 10.6 Å². The van der Waals surface area contributed by atoms with Crippen molar-refractivity contribution < 1.29 is 4.79 Å². The summed E-state index contributed by atoms with van der Waals surface area (Å²) in [5.41, 5.74) is 2.90. The third-order valence-corrected chi connectivity index (χ3v) is 4.37. The van der Waals surface area contributed by atoms with Gasteiger partial charge in [0.05, 0.1) is 20.8 Å². The van der Waals surface area contributed by atoms with Crippen molar-refractivity contribution in [3.63, 3.8) is 0 Å². The predicted molar refractivity (Wildman–Crippen MR) is 103 cm³/mol. The quantitative estimate of drug-likeness (QED) is 0.514. The predicted octanol–water partition coefficient (Wildman–Crippen LogP) is 5.72. The summed E-state index contributed by atoms with van der Waals surface area (Å²) in [7, 11) is 0. The minimum atomic E-state index is -0.575. The van der Waals surface area contributed by atoms with Gasteiger partial charge in [-0.1, -0.05) is 40.9 Å². The van der Waals surface area contributed by atoms with Crippen LogP contribution in [0.3, 0.4) is 0 Å². The number of halogens is 3. The molecule has 2 rings (SSSR count). The molecule has 4 nitrogen and oxygen atoms in total. The fourth-order valence-corrected chi connectivity index (χ4v) is 2.84. The van der Waals surface area contributed by atoms with Gasteiger partial charge in [-0.2, -0.15) is 5.26 Å². The van der Waals surface area contributed by atoms with E-state index in [4.69, 9.17) is 34.8 Å². The van der Waals surface area contributed by atoms with Gasteiger partial charge in [0.1, 0.15) is 11.6 Å². The van der Waals surface area contributed by atoms with Crippen molar-refractivity contribution in [3.05, 3.63) is 68.3 Å². The van der Waals surface area contributed by atoms with Crippen molar-refractivity contribution in [1.29, 1.82) is 5.26 Å².